The summed E-state index contributed by atoms with van der Waals surface area (Å²) in [4.78, 5) is 39.7. The maximum absolute atomic E-state index is 14.0. The summed E-state index contributed by atoms with van der Waals surface area (Å²) in [6, 6.07) is 7.38. The van der Waals surface area contributed by atoms with Crippen molar-refractivity contribution in [3.63, 3.8) is 0 Å². The fraction of sp³-hybridized carbons (Fsp3) is 0.679. The highest BCUT2D eigenvalue weighted by Crippen LogP contribution is 2.67. The molecule has 3 aliphatic carbocycles. The first-order chi connectivity index (χ1) is 17.9. The molecule has 6 rings (SSSR count). The lowest BCUT2D eigenvalue weighted by Crippen LogP contribution is -2.56. The standard InChI is InChI=1S/C28H37N3O6S/c1-26(2)20-8-10-28(26,22(15-20)31-23(32)16-29(25(31)35)17-24(33)34)18-38(36,37)30-13-11-27(12-14-30)9-7-19-5-3-4-6-21(19)27/h3-6,20,22H,7-18H2,1-2H3,(H,33,34)/t20-,22+,28-/m1/s1. The number of carboxylic acid groups (broad SMARTS) is 1. The van der Waals surface area contributed by atoms with Crippen molar-refractivity contribution in [2.45, 2.75) is 70.3 Å². The van der Waals surface area contributed by atoms with Gasteiger partial charge < -0.3 is 10.0 Å². The Morgan fingerprint density at radius 1 is 1.08 bits per heavy atom. The van der Waals surface area contributed by atoms with Gasteiger partial charge >= 0.3 is 12.0 Å². The second-order valence-corrected chi connectivity index (χ2v) is 14.7. The normalized spacial score (nSPS) is 31.9. The Morgan fingerprint density at radius 2 is 1.79 bits per heavy atom. The minimum atomic E-state index is -3.66. The Balaban J connectivity index is 1.24. The molecule has 1 aromatic rings. The number of nitrogens with zero attached hydrogens (tertiary/aromatic N) is 3. The second-order valence-electron chi connectivity index (χ2n) is 12.8. The molecule has 2 saturated heterocycles. The molecule has 5 aliphatic rings. The molecule has 3 atom stereocenters. The molecule has 0 aromatic heterocycles. The first-order valence-electron chi connectivity index (χ1n) is 13.8. The van der Waals surface area contributed by atoms with Gasteiger partial charge in [0.25, 0.3) is 5.91 Å². The van der Waals surface area contributed by atoms with Crippen LogP contribution >= 0.6 is 0 Å². The van der Waals surface area contributed by atoms with Crippen LogP contribution in [-0.4, -0.2) is 83.5 Å². The Hall–Kier alpha value is -2.46. The smallest absolute Gasteiger partial charge is 0.328 e. The number of aryl methyl sites for hydroxylation is 1. The van der Waals surface area contributed by atoms with Crippen LogP contribution in [0.25, 0.3) is 0 Å². The summed E-state index contributed by atoms with van der Waals surface area (Å²) in [5.74, 6) is -1.49. The van der Waals surface area contributed by atoms with E-state index in [9.17, 15) is 27.9 Å². The third-order valence-corrected chi connectivity index (χ3v) is 13.1. The summed E-state index contributed by atoms with van der Waals surface area (Å²) in [6.45, 7) is 4.32. The molecule has 2 saturated carbocycles. The van der Waals surface area contributed by atoms with Crippen LogP contribution in [0.1, 0.15) is 63.5 Å². The molecule has 2 aliphatic heterocycles. The third kappa shape index (κ3) is 3.58. The maximum atomic E-state index is 14.0. The third-order valence-electron chi connectivity index (χ3n) is 11.1. The number of hydrogen-bond donors (Lipinski definition) is 1. The highest BCUT2D eigenvalue weighted by atomic mass is 32.2. The molecular formula is C28H37N3O6S. The topological polar surface area (TPSA) is 115 Å². The van der Waals surface area contributed by atoms with Crippen molar-refractivity contribution in [3.8, 4) is 0 Å². The summed E-state index contributed by atoms with van der Waals surface area (Å²) in [5.41, 5.74) is 1.69. The van der Waals surface area contributed by atoms with E-state index >= 15 is 0 Å². The molecule has 2 heterocycles. The highest BCUT2D eigenvalue weighted by Gasteiger charge is 2.68. The monoisotopic (exact) mass is 543 g/mol. The van der Waals surface area contributed by atoms with Gasteiger partial charge in [-0.3, -0.25) is 14.5 Å². The van der Waals surface area contributed by atoms with Gasteiger partial charge in [0.2, 0.25) is 10.0 Å². The van der Waals surface area contributed by atoms with Gasteiger partial charge in [0.05, 0.1) is 5.75 Å². The molecule has 0 radical (unpaired) electrons. The van der Waals surface area contributed by atoms with E-state index in [1.807, 2.05) is 0 Å². The lowest BCUT2D eigenvalue weighted by Gasteiger charge is -2.46. The van der Waals surface area contributed by atoms with Gasteiger partial charge in [0, 0.05) is 24.5 Å². The number of sulfonamides is 1. The predicted molar refractivity (Wildman–Crippen MR) is 140 cm³/mol. The molecule has 0 unspecified atom stereocenters. The van der Waals surface area contributed by atoms with Gasteiger partial charge in [-0.25, -0.2) is 17.5 Å². The van der Waals surface area contributed by atoms with Crippen LogP contribution in [0.4, 0.5) is 4.79 Å². The van der Waals surface area contributed by atoms with E-state index in [-0.39, 0.29) is 29.0 Å². The Bertz CT molecular complexity index is 1300. The van der Waals surface area contributed by atoms with Gasteiger partial charge in [0.1, 0.15) is 13.1 Å². The lowest BCUT2D eigenvalue weighted by atomic mass is 9.68. The van der Waals surface area contributed by atoms with Crippen molar-refractivity contribution in [2.75, 3.05) is 31.9 Å². The quantitative estimate of drug-likeness (QED) is 0.552. The van der Waals surface area contributed by atoms with E-state index in [2.05, 4.69) is 38.1 Å². The molecule has 3 amide bonds. The summed E-state index contributed by atoms with van der Waals surface area (Å²) in [6.07, 6.45) is 5.79. The molecule has 1 aromatic carbocycles. The Kier molecular flexibility index (Phi) is 5.78. The fourth-order valence-electron chi connectivity index (χ4n) is 8.78. The predicted octanol–water partition coefficient (Wildman–Crippen LogP) is 2.84. The maximum Gasteiger partial charge on any atom is 0.328 e. The minimum absolute atomic E-state index is 0.0521. The van der Waals surface area contributed by atoms with Crippen molar-refractivity contribution in [1.29, 1.82) is 0 Å². The van der Waals surface area contributed by atoms with Crippen LogP contribution in [0.15, 0.2) is 24.3 Å². The zero-order chi connectivity index (χ0) is 27.1. The largest absolute Gasteiger partial charge is 0.480 e. The van der Waals surface area contributed by atoms with E-state index in [0.717, 1.165) is 37.0 Å². The minimum Gasteiger partial charge on any atom is -0.480 e. The molecule has 1 spiro atoms. The number of amides is 3. The number of piperidine rings is 1. The van der Waals surface area contributed by atoms with Gasteiger partial charge in [-0.05, 0) is 72.8 Å². The van der Waals surface area contributed by atoms with Gasteiger partial charge in [-0.15, -0.1) is 0 Å². The number of aliphatic carboxylic acids is 1. The van der Waals surface area contributed by atoms with Gasteiger partial charge in [0.15, 0.2) is 0 Å². The summed E-state index contributed by atoms with van der Waals surface area (Å²) in [7, 11) is -3.66. The zero-order valence-electron chi connectivity index (χ0n) is 22.2. The highest BCUT2D eigenvalue weighted by molar-refractivity contribution is 7.89. The van der Waals surface area contributed by atoms with E-state index in [0.29, 0.717) is 25.9 Å². The molecule has 38 heavy (non-hydrogen) atoms. The van der Waals surface area contributed by atoms with Gasteiger partial charge in [-0.2, -0.15) is 0 Å². The molecule has 206 valence electrons. The molecule has 4 fully saturated rings. The van der Waals surface area contributed by atoms with Crippen LogP contribution < -0.4 is 0 Å². The Labute approximate surface area is 224 Å². The fourth-order valence-corrected chi connectivity index (χ4v) is 11.1. The van der Waals surface area contributed by atoms with E-state index in [1.54, 1.807) is 4.31 Å². The van der Waals surface area contributed by atoms with Crippen LogP contribution in [0, 0.1) is 16.7 Å². The van der Waals surface area contributed by atoms with Crippen molar-refractivity contribution >= 4 is 27.9 Å². The number of imide groups is 1. The molecule has 10 heteroatoms. The summed E-state index contributed by atoms with van der Waals surface area (Å²) < 4.78 is 29.7. The van der Waals surface area contributed by atoms with Crippen LogP contribution in [0.2, 0.25) is 0 Å². The van der Waals surface area contributed by atoms with E-state index in [4.69, 9.17) is 0 Å². The van der Waals surface area contributed by atoms with Crippen molar-refractivity contribution in [1.82, 2.24) is 14.1 Å². The van der Waals surface area contributed by atoms with E-state index in [1.165, 1.54) is 16.0 Å². The second kappa shape index (κ2) is 8.52. The van der Waals surface area contributed by atoms with E-state index < -0.39 is 45.9 Å². The van der Waals surface area contributed by atoms with Crippen molar-refractivity contribution < 1.29 is 27.9 Å². The molecule has 1 N–H and O–H groups in total. The van der Waals surface area contributed by atoms with Crippen LogP contribution in [-0.2, 0) is 31.4 Å². The summed E-state index contributed by atoms with van der Waals surface area (Å²) >= 11 is 0. The molecule has 2 bridgehead atoms. The summed E-state index contributed by atoms with van der Waals surface area (Å²) in [5, 5.41) is 9.19. The zero-order valence-corrected chi connectivity index (χ0v) is 23.0. The SMILES string of the molecule is CC1(C)[C@@H]2CC[C@@]1(CS(=O)(=O)N1CCC3(CCc4ccccc43)CC1)[C@@H](N1C(=O)CN(CC(=O)O)C1=O)C2. The number of urea groups is 1. The average Bonchev–Trinajstić information content (AvgIpc) is 3.49. The number of rotatable bonds is 6. The first-order valence-corrected chi connectivity index (χ1v) is 15.4. The number of carbonyl (C=O) groups is 3. The number of benzene rings is 1. The lowest BCUT2D eigenvalue weighted by molar-refractivity contribution is -0.137. The van der Waals surface area contributed by atoms with Crippen LogP contribution in [0.5, 0.6) is 0 Å². The number of carboxylic acids is 1. The van der Waals surface area contributed by atoms with Crippen molar-refractivity contribution in [2.24, 2.45) is 16.7 Å². The van der Waals surface area contributed by atoms with Gasteiger partial charge in [-0.1, -0.05) is 38.1 Å². The average molecular weight is 544 g/mol. The molecular weight excluding hydrogens is 506 g/mol. The number of carbonyl (C=O) groups excluding carboxylic acids is 2. The first kappa shape index (κ1) is 25.8. The number of hydrogen-bond acceptors (Lipinski definition) is 5. The van der Waals surface area contributed by atoms with Crippen LogP contribution in [0.3, 0.4) is 0 Å². The van der Waals surface area contributed by atoms with Crippen molar-refractivity contribution in [3.05, 3.63) is 35.4 Å². The number of fused-ring (bicyclic) bond motifs is 4. The molecule has 9 nitrogen and oxygen atoms in total. The Morgan fingerprint density at radius 3 is 2.47 bits per heavy atom.